The molecule has 0 radical (unpaired) electrons. The van der Waals surface area contributed by atoms with Crippen LogP contribution in [0.3, 0.4) is 0 Å². The molecular weight excluding hydrogens is 416 g/mol. The molecule has 1 heterocycles. The molecule has 0 aliphatic heterocycles. The predicted octanol–water partition coefficient (Wildman–Crippen LogP) is 3.93. The first kappa shape index (κ1) is 22.7. The molecule has 3 nitrogen and oxygen atoms in total. The Bertz CT molecular complexity index is 263. The van der Waals surface area contributed by atoms with Gasteiger partial charge in [-0.25, -0.2) is 8.78 Å². The summed E-state index contributed by atoms with van der Waals surface area (Å²) in [6, 6.07) is 2.30. The fourth-order valence-electron chi connectivity index (χ4n) is 0.802. The van der Waals surface area contributed by atoms with E-state index in [0.29, 0.717) is 5.69 Å². The number of pyridine rings is 1. The second-order valence-corrected chi connectivity index (χ2v) is 4.04. The van der Waals surface area contributed by atoms with Crippen LogP contribution in [0.15, 0.2) is 18.3 Å². The van der Waals surface area contributed by atoms with Crippen molar-refractivity contribution in [1.82, 2.24) is 4.98 Å². The van der Waals surface area contributed by atoms with Crippen LogP contribution in [-0.2, 0) is 19.8 Å². The number of aromatic nitrogens is 1. The van der Waals surface area contributed by atoms with Gasteiger partial charge in [0.25, 0.3) is 6.43 Å². The summed E-state index contributed by atoms with van der Waals surface area (Å²) < 4.78 is 24.0. The van der Waals surface area contributed by atoms with Crippen molar-refractivity contribution in [3.05, 3.63) is 41.2 Å². The molecule has 0 saturated heterocycles. The standard InChI is InChI=1S/C8H9F2N2.C4H9.H2O.Os/c1-5(11)7-3-2-6(4-12-7)8(9)10;1-4(2)3;;/h2-5,8,11H,1H3;1-3H3;1H2;/q2*-1;;+2/t5-;;;/m1.../s1. The number of nitrogens with zero attached hydrogens (tertiary/aromatic N) is 1. The molecule has 1 aromatic rings. The zero-order valence-electron chi connectivity index (χ0n) is 10.9. The molecule has 6 heteroatoms. The van der Waals surface area contributed by atoms with Crippen LogP contribution in [0, 0.1) is 5.92 Å². The third kappa shape index (κ3) is 10.7. The van der Waals surface area contributed by atoms with E-state index in [1.165, 1.54) is 18.1 Å². The van der Waals surface area contributed by atoms with Gasteiger partial charge in [-0.3, -0.25) is 4.98 Å². The second-order valence-electron chi connectivity index (χ2n) is 4.04. The van der Waals surface area contributed by atoms with E-state index >= 15 is 0 Å². The Labute approximate surface area is 121 Å². The second kappa shape index (κ2) is 11.6. The Morgan fingerprint density at radius 3 is 1.89 bits per heavy atom. The van der Waals surface area contributed by atoms with E-state index in [9.17, 15) is 8.78 Å². The smallest absolute Gasteiger partial charge is 0.670 e. The minimum atomic E-state index is -2.48. The SMILES string of the molecule is C[C-](C)C.C[C@@H]([NH-])c1ccc(C(F)F)cn1.O.[Os+2]. The van der Waals surface area contributed by atoms with Gasteiger partial charge in [-0.15, -0.1) is 0 Å². The van der Waals surface area contributed by atoms with Gasteiger partial charge in [0.05, 0.1) is 0 Å². The molecular formula is C12H20F2N2OOs. The van der Waals surface area contributed by atoms with Crippen molar-refractivity contribution < 1.29 is 34.0 Å². The summed E-state index contributed by atoms with van der Waals surface area (Å²) in [5, 5.41) is 0. The first-order chi connectivity index (χ1) is 7.34. The van der Waals surface area contributed by atoms with Crippen molar-refractivity contribution in [2.45, 2.75) is 40.2 Å². The molecule has 1 aromatic heterocycles. The molecule has 0 amide bonds. The maximum absolute atomic E-state index is 12.0. The van der Waals surface area contributed by atoms with Gasteiger partial charge < -0.3 is 17.1 Å². The van der Waals surface area contributed by atoms with Crippen molar-refractivity contribution in [2.75, 3.05) is 0 Å². The van der Waals surface area contributed by atoms with Gasteiger partial charge in [0, 0.05) is 17.5 Å². The average molecular weight is 437 g/mol. The van der Waals surface area contributed by atoms with E-state index in [2.05, 4.69) is 25.8 Å². The number of alkyl halides is 2. The molecule has 0 spiro atoms. The van der Waals surface area contributed by atoms with Gasteiger partial charge in [0.15, 0.2) is 0 Å². The molecule has 0 aromatic carbocycles. The number of nitrogens with one attached hydrogen (secondary N) is 1. The first-order valence-corrected chi connectivity index (χ1v) is 5.06. The summed E-state index contributed by atoms with van der Waals surface area (Å²) in [5.74, 6) is 1.42. The zero-order valence-corrected chi connectivity index (χ0v) is 13.5. The van der Waals surface area contributed by atoms with Crippen molar-refractivity contribution in [3.8, 4) is 0 Å². The van der Waals surface area contributed by atoms with Crippen LogP contribution in [0.25, 0.3) is 5.73 Å². The molecule has 1 rings (SSSR count). The van der Waals surface area contributed by atoms with Gasteiger partial charge in [0.1, 0.15) is 0 Å². The molecule has 0 bridgehead atoms. The summed E-state index contributed by atoms with van der Waals surface area (Å²) in [6.45, 7) is 7.89. The topological polar surface area (TPSA) is 68.2 Å². The maximum atomic E-state index is 12.0. The number of rotatable bonds is 2. The summed E-state index contributed by atoms with van der Waals surface area (Å²) >= 11 is 0. The van der Waals surface area contributed by atoms with Gasteiger partial charge in [0.2, 0.25) is 0 Å². The summed E-state index contributed by atoms with van der Waals surface area (Å²) in [4.78, 5) is 3.73. The number of hydrogen-bond donors (Lipinski definition) is 0. The van der Waals surface area contributed by atoms with Crippen molar-refractivity contribution in [3.63, 3.8) is 0 Å². The van der Waals surface area contributed by atoms with Gasteiger partial charge in [-0.05, 0) is 6.07 Å². The van der Waals surface area contributed by atoms with Crippen LogP contribution < -0.4 is 0 Å². The van der Waals surface area contributed by atoms with E-state index in [4.69, 9.17) is 5.73 Å². The average Bonchev–Trinajstić information content (AvgIpc) is 2.17. The van der Waals surface area contributed by atoms with Gasteiger partial charge >= 0.3 is 19.8 Å². The fraction of sp³-hybridized carbons (Fsp3) is 0.500. The van der Waals surface area contributed by atoms with Crippen LogP contribution >= 0.6 is 0 Å². The number of hydrogen-bond acceptors (Lipinski definition) is 1. The van der Waals surface area contributed by atoms with Crippen LogP contribution in [0.4, 0.5) is 8.78 Å². The van der Waals surface area contributed by atoms with E-state index in [1.54, 1.807) is 6.92 Å². The Hall–Kier alpha value is -0.434. The van der Waals surface area contributed by atoms with E-state index in [0.717, 1.165) is 6.20 Å². The third-order valence-corrected chi connectivity index (χ3v) is 1.50. The van der Waals surface area contributed by atoms with Crippen LogP contribution in [0.5, 0.6) is 0 Å². The zero-order chi connectivity index (χ0) is 12.7. The Kier molecular flexibility index (Phi) is 14.7. The van der Waals surface area contributed by atoms with Crippen molar-refractivity contribution in [1.29, 1.82) is 0 Å². The number of halogens is 2. The van der Waals surface area contributed by atoms with Crippen LogP contribution in [0.1, 0.15) is 51.4 Å². The molecule has 0 aliphatic rings. The Morgan fingerprint density at radius 1 is 1.22 bits per heavy atom. The molecule has 18 heavy (non-hydrogen) atoms. The van der Waals surface area contributed by atoms with Gasteiger partial charge in [-0.2, -0.15) is 20.8 Å². The minimum Gasteiger partial charge on any atom is -0.670 e. The Morgan fingerprint density at radius 2 is 1.67 bits per heavy atom. The fourth-order valence-corrected chi connectivity index (χ4v) is 0.802. The monoisotopic (exact) mass is 438 g/mol. The summed E-state index contributed by atoms with van der Waals surface area (Å²) in [7, 11) is 0. The molecule has 1 atom stereocenters. The summed E-state index contributed by atoms with van der Waals surface area (Å²) in [6.07, 6.45) is -1.36. The quantitative estimate of drug-likeness (QED) is 0.648. The molecule has 0 fully saturated rings. The molecule has 3 N–H and O–H groups in total. The molecule has 0 unspecified atom stereocenters. The summed E-state index contributed by atoms with van der Waals surface area (Å²) in [5.41, 5.74) is 7.66. The predicted molar refractivity (Wildman–Crippen MR) is 65.8 cm³/mol. The van der Waals surface area contributed by atoms with Gasteiger partial charge in [-0.1, -0.05) is 19.0 Å². The van der Waals surface area contributed by atoms with E-state index < -0.39 is 12.5 Å². The minimum absolute atomic E-state index is 0. The maximum Gasteiger partial charge on any atom is 2.00 e. The first-order valence-electron chi connectivity index (χ1n) is 5.06. The van der Waals surface area contributed by atoms with E-state index in [1.807, 2.05) is 0 Å². The van der Waals surface area contributed by atoms with Crippen LogP contribution in [-0.4, -0.2) is 10.5 Å². The van der Waals surface area contributed by atoms with Crippen molar-refractivity contribution in [2.24, 2.45) is 0 Å². The van der Waals surface area contributed by atoms with Crippen molar-refractivity contribution >= 4 is 0 Å². The third-order valence-electron chi connectivity index (χ3n) is 1.50. The normalized spacial score (nSPS) is 10.9. The molecule has 0 saturated carbocycles. The Balaban J connectivity index is -0.000000332. The largest absolute Gasteiger partial charge is 2.00 e. The van der Waals surface area contributed by atoms with Crippen LogP contribution in [0.2, 0.25) is 0 Å². The molecule has 0 aliphatic carbocycles. The van der Waals surface area contributed by atoms with E-state index in [-0.39, 0.29) is 30.8 Å². The molecule has 106 valence electrons.